The number of nitrogens with zero attached hydrogens (tertiary/aromatic N) is 1. The lowest BCUT2D eigenvalue weighted by Crippen LogP contribution is -2.28. The van der Waals surface area contributed by atoms with Gasteiger partial charge in [0.25, 0.3) is 0 Å². The lowest BCUT2D eigenvalue weighted by Gasteiger charge is -2.18. The Labute approximate surface area is 169 Å². The molecule has 2 aromatic carbocycles. The van der Waals surface area contributed by atoms with Crippen LogP contribution < -0.4 is 15.0 Å². The molecule has 2 amide bonds. The molecule has 1 aliphatic heterocycles. The molecule has 1 heterocycles. The quantitative estimate of drug-likeness (QED) is 0.758. The van der Waals surface area contributed by atoms with Gasteiger partial charge in [-0.25, -0.2) is 4.79 Å². The maximum absolute atomic E-state index is 12.6. The molecule has 7 heteroatoms. The van der Waals surface area contributed by atoms with Crippen LogP contribution in [0.25, 0.3) is 0 Å². The summed E-state index contributed by atoms with van der Waals surface area (Å²) in [6.45, 7) is 4.21. The Morgan fingerprint density at radius 2 is 1.72 bits per heavy atom. The monoisotopic (exact) mass is 396 g/mol. The smallest absolute Gasteiger partial charge is 0.337 e. The van der Waals surface area contributed by atoms with Gasteiger partial charge in [0.2, 0.25) is 11.8 Å². The number of rotatable bonds is 6. The second-order valence-corrected chi connectivity index (χ2v) is 7.12. The zero-order chi connectivity index (χ0) is 21.0. The van der Waals surface area contributed by atoms with E-state index in [0.29, 0.717) is 17.8 Å². The Hall–Kier alpha value is -3.35. The summed E-state index contributed by atoms with van der Waals surface area (Å²) in [7, 11) is 1.31. The van der Waals surface area contributed by atoms with Crippen molar-refractivity contribution in [3.8, 4) is 5.75 Å². The van der Waals surface area contributed by atoms with Crippen molar-refractivity contribution >= 4 is 29.2 Å². The third kappa shape index (κ3) is 4.93. The molecule has 1 aliphatic rings. The Morgan fingerprint density at radius 3 is 2.31 bits per heavy atom. The molecule has 29 heavy (non-hydrogen) atoms. The molecule has 3 rings (SSSR count). The average Bonchev–Trinajstić information content (AvgIpc) is 3.10. The van der Waals surface area contributed by atoms with Gasteiger partial charge in [0.15, 0.2) is 0 Å². The van der Waals surface area contributed by atoms with Crippen LogP contribution in [-0.4, -0.2) is 37.5 Å². The number of esters is 1. The van der Waals surface area contributed by atoms with E-state index in [1.54, 1.807) is 29.2 Å². The van der Waals surface area contributed by atoms with E-state index in [9.17, 15) is 14.4 Å². The topological polar surface area (TPSA) is 84.9 Å². The predicted molar refractivity (Wildman–Crippen MR) is 109 cm³/mol. The lowest BCUT2D eigenvalue weighted by atomic mass is 10.1. The molecule has 152 valence electrons. The van der Waals surface area contributed by atoms with Gasteiger partial charge in [-0.1, -0.05) is 0 Å². The molecule has 0 radical (unpaired) electrons. The van der Waals surface area contributed by atoms with Gasteiger partial charge >= 0.3 is 5.97 Å². The van der Waals surface area contributed by atoms with Gasteiger partial charge in [0, 0.05) is 24.3 Å². The average molecular weight is 396 g/mol. The zero-order valence-corrected chi connectivity index (χ0v) is 16.7. The van der Waals surface area contributed by atoms with Crippen LogP contribution in [-0.2, 0) is 14.3 Å². The number of amides is 2. The highest BCUT2D eigenvalue weighted by atomic mass is 16.5. The van der Waals surface area contributed by atoms with Gasteiger partial charge in [-0.05, 0) is 62.4 Å². The van der Waals surface area contributed by atoms with Crippen LogP contribution in [0.5, 0.6) is 5.75 Å². The van der Waals surface area contributed by atoms with Crippen LogP contribution in [0.4, 0.5) is 11.4 Å². The van der Waals surface area contributed by atoms with E-state index in [-0.39, 0.29) is 24.3 Å². The molecule has 1 saturated heterocycles. The highest BCUT2D eigenvalue weighted by Gasteiger charge is 2.35. The van der Waals surface area contributed by atoms with Gasteiger partial charge in [-0.15, -0.1) is 0 Å². The molecule has 7 nitrogen and oxygen atoms in total. The van der Waals surface area contributed by atoms with E-state index in [1.807, 2.05) is 38.1 Å². The van der Waals surface area contributed by atoms with E-state index < -0.39 is 11.9 Å². The standard InChI is InChI=1S/C22H24N2O5/c1-14(2)29-19-10-8-18(9-11-19)24-13-16(12-20(24)25)21(26)23-17-6-4-15(5-7-17)22(27)28-3/h4-11,14,16H,12-13H2,1-3H3,(H,23,26). The second-order valence-electron chi connectivity index (χ2n) is 7.12. The molecule has 0 bridgehead atoms. The van der Waals surface area contributed by atoms with Gasteiger partial charge in [0.1, 0.15) is 5.75 Å². The van der Waals surface area contributed by atoms with Crippen molar-refractivity contribution in [3.05, 3.63) is 54.1 Å². The Bertz CT molecular complexity index is 890. The minimum Gasteiger partial charge on any atom is -0.491 e. The fourth-order valence-electron chi connectivity index (χ4n) is 3.16. The van der Waals surface area contributed by atoms with Gasteiger partial charge in [-0.3, -0.25) is 9.59 Å². The number of hydrogen-bond donors (Lipinski definition) is 1. The normalized spacial score (nSPS) is 16.1. The van der Waals surface area contributed by atoms with Crippen LogP contribution in [0.15, 0.2) is 48.5 Å². The first-order chi connectivity index (χ1) is 13.9. The van der Waals surface area contributed by atoms with Crippen LogP contribution in [0.2, 0.25) is 0 Å². The van der Waals surface area contributed by atoms with Crippen LogP contribution >= 0.6 is 0 Å². The molecule has 1 atom stereocenters. The fourth-order valence-corrected chi connectivity index (χ4v) is 3.16. The maximum Gasteiger partial charge on any atom is 0.337 e. The summed E-state index contributed by atoms with van der Waals surface area (Å²) in [6.07, 6.45) is 0.222. The van der Waals surface area contributed by atoms with Crippen molar-refractivity contribution in [3.63, 3.8) is 0 Å². The van der Waals surface area contributed by atoms with Crippen LogP contribution in [0, 0.1) is 5.92 Å². The zero-order valence-electron chi connectivity index (χ0n) is 16.7. The summed E-state index contributed by atoms with van der Waals surface area (Å²) in [5, 5.41) is 2.80. The molecule has 0 spiro atoms. The van der Waals surface area contributed by atoms with Crippen molar-refractivity contribution in [1.29, 1.82) is 0 Å². The summed E-state index contributed by atoms with van der Waals surface area (Å²) in [5.41, 5.74) is 1.70. The molecule has 1 N–H and O–H groups in total. The van der Waals surface area contributed by atoms with Crippen molar-refractivity contribution in [1.82, 2.24) is 0 Å². The number of carbonyl (C=O) groups excluding carboxylic acids is 3. The van der Waals surface area contributed by atoms with Gasteiger partial charge in [0.05, 0.1) is 24.7 Å². The van der Waals surface area contributed by atoms with Crippen LogP contribution in [0.3, 0.4) is 0 Å². The van der Waals surface area contributed by atoms with Crippen molar-refractivity contribution < 1.29 is 23.9 Å². The minimum absolute atomic E-state index is 0.0732. The first kappa shape index (κ1) is 20.4. The summed E-state index contributed by atoms with van der Waals surface area (Å²) in [6, 6.07) is 13.7. The first-order valence-corrected chi connectivity index (χ1v) is 9.43. The van der Waals surface area contributed by atoms with E-state index in [0.717, 1.165) is 11.4 Å². The number of anilines is 2. The number of methoxy groups -OCH3 is 1. The number of benzene rings is 2. The largest absolute Gasteiger partial charge is 0.491 e. The molecule has 0 aromatic heterocycles. The lowest BCUT2D eigenvalue weighted by molar-refractivity contribution is -0.122. The highest BCUT2D eigenvalue weighted by molar-refractivity contribution is 6.03. The third-order valence-corrected chi connectivity index (χ3v) is 4.59. The van der Waals surface area contributed by atoms with Crippen molar-refractivity contribution in [2.24, 2.45) is 5.92 Å². The number of hydrogen-bond acceptors (Lipinski definition) is 5. The fraction of sp³-hybridized carbons (Fsp3) is 0.318. The number of nitrogens with one attached hydrogen (secondary N) is 1. The van der Waals surface area contributed by atoms with E-state index in [4.69, 9.17) is 4.74 Å². The third-order valence-electron chi connectivity index (χ3n) is 4.59. The molecular formula is C22H24N2O5. The second kappa shape index (κ2) is 8.77. The number of carbonyl (C=O) groups is 3. The van der Waals surface area contributed by atoms with E-state index in [1.165, 1.54) is 7.11 Å². The molecule has 2 aromatic rings. The van der Waals surface area contributed by atoms with E-state index >= 15 is 0 Å². The Kier molecular flexibility index (Phi) is 6.16. The number of ether oxygens (including phenoxy) is 2. The van der Waals surface area contributed by atoms with Crippen LogP contribution in [0.1, 0.15) is 30.6 Å². The molecule has 0 aliphatic carbocycles. The Morgan fingerprint density at radius 1 is 1.07 bits per heavy atom. The van der Waals surface area contributed by atoms with Crippen molar-refractivity contribution in [2.75, 3.05) is 23.9 Å². The summed E-state index contributed by atoms with van der Waals surface area (Å²) in [4.78, 5) is 38.1. The highest BCUT2D eigenvalue weighted by Crippen LogP contribution is 2.28. The summed E-state index contributed by atoms with van der Waals surface area (Å²) >= 11 is 0. The molecule has 1 fully saturated rings. The van der Waals surface area contributed by atoms with E-state index in [2.05, 4.69) is 10.1 Å². The maximum atomic E-state index is 12.6. The first-order valence-electron chi connectivity index (χ1n) is 9.43. The SMILES string of the molecule is COC(=O)c1ccc(NC(=O)C2CC(=O)N(c3ccc(OC(C)C)cc3)C2)cc1. The van der Waals surface area contributed by atoms with Crippen molar-refractivity contribution in [2.45, 2.75) is 26.4 Å². The minimum atomic E-state index is -0.450. The molecular weight excluding hydrogens is 372 g/mol. The predicted octanol–water partition coefficient (Wildman–Crippen LogP) is 3.25. The summed E-state index contributed by atoms with van der Waals surface area (Å²) < 4.78 is 10.3. The summed E-state index contributed by atoms with van der Waals surface area (Å²) in [5.74, 6) is -0.477. The van der Waals surface area contributed by atoms with Gasteiger partial charge in [-0.2, -0.15) is 0 Å². The molecule has 0 saturated carbocycles. The van der Waals surface area contributed by atoms with Gasteiger partial charge < -0.3 is 19.7 Å². The Balaban J connectivity index is 1.62. The molecule has 1 unspecified atom stereocenters.